The lowest BCUT2D eigenvalue weighted by Gasteiger charge is -2.27. The van der Waals surface area contributed by atoms with Crippen LogP contribution in [0.1, 0.15) is 29.5 Å². The molecule has 5 rings (SSSR count). The number of carbonyl (C=O) groups excluding carboxylic acids is 3. The van der Waals surface area contributed by atoms with Gasteiger partial charge in [-0.15, -0.1) is 0 Å². The summed E-state index contributed by atoms with van der Waals surface area (Å²) in [5.74, 6) is 0.549. The van der Waals surface area contributed by atoms with Gasteiger partial charge in [-0.05, 0) is 61.0 Å². The van der Waals surface area contributed by atoms with E-state index in [4.69, 9.17) is 18.6 Å². The molecule has 1 fully saturated rings. The van der Waals surface area contributed by atoms with Crippen LogP contribution in [0.4, 0.5) is 5.69 Å². The van der Waals surface area contributed by atoms with E-state index < -0.39 is 17.9 Å². The van der Waals surface area contributed by atoms with Crippen LogP contribution in [0.2, 0.25) is 0 Å². The first-order valence-corrected chi connectivity index (χ1v) is 10.9. The molecule has 0 saturated carbocycles. The van der Waals surface area contributed by atoms with Crippen LogP contribution in [0.3, 0.4) is 0 Å². The highest BCUT2D eigenvalue weighted by Crippen LogP contribution is 2.34. The summed E-state index contributed by atoms with van der Waals surface area (Å²) in [5.41, 5.74) is 1.15. The maximum absolute atomic E-state index is 13.4. The average Bonchev–Trinajstić information content (AvgIpc) is 3.59. The van der Waals surface area contributed by atoms with Crippen LogP contribution in [0.5, 0.6) is 17.2 Å². The Morgan fingerprint density at radius 1 is 1.09 bits per heavy atom. The quantitative estimate of drug-likeness (QED) is 0.497. The maximum atomic E-state index is 13.4. The van der Waals surface area contributed by atoms with Crippen molar-refractivity contribution in [2.45, 2.75) is 25.9 Å². The molecule has 0 radical (unpaired) electrons. The fraction of sp³-hybridized carbons (Fsp3) is 0.240. The van der Waals surface area contributed by atoms with Gasteiger partial charge in [0.2, 0.25) is 12.7 Å². The Labute approximate surface area is 195 Å². The third-order valence-corrected chi connectivity index (χ3v) is 5.69. The van der Waals surface area contributed by atoms with Gasteiger partial charge in [-0.1, -0.05) is 6.07 Å². The standard InChI is InChI=1S/C25H22N2O7/c1-2-31-18-8-6-17(7-9-18)27-23(28)13-19(24(27)29)26(25(30)21-4-3-11-32-21)14-16-5-10-20-22(12-16)34-15-33-20/h3-12,19H,2,13-15H2,1H3. The summed E-state index contributed by atoms with van der Waals surface area (Å²) in [5, 5.41) is 0. The third-order valence-electron chi connectivity index (χ3n) is 5.69. The van der Waals surface area contributed by atoms with E-state index in [2.05, 4.69) is 0 Å². The third kappa shape index (κ3) is 3.96. The second kappa shape index (κ2) is 8.93. The molecule has 34 heavy (non-hydrogen) atoms. The number of hydrogen-bond donors (Lipinski definition) is 0. The minimum absolute atomic E-state index is 0.0803. The Bertz CT molecular complexity index is 1220. The zero-order valence-electron chi connectivity index (χ0n) is 18.4. The van der Waals surface area contributed by atoms with Crippen molar-refractivity contribution in [2.24, 2.45) is 0 Å². The fourth-order valence-electron chi connectivity index (χ4n) is 4.09. The summed E-state index contributed by atoms with van der Waals surface area (Å²) < 4.78 is 21.5. The summed E-state index contributed by atoms with van der Waals surface area (Å²) in [6, 6.07) is 14.1. The summed E-state index contributed by atoms with van der Waals surface area (Å²) in [7, 11) is 0. The van der Waals surface area contributed by atoms with E-state index in [-0.39, 0.29) is 31.4 Å². The SMILES string of the molecule is CCOc1ccc(N2C(=O)CC(N(Cc3ccc4c(c3)OCO4)C(=O)c3ccco3)C2=O)cc1. The number of amides is 3. The van der Waals surface area contributed by atoms with Crippen LogP contribution in [-0.4, -0.2) is 42.1 Å². The summed E-state index contributed by atoms with van der Waals surface area (Å²) in [6.07, 6.45) is 1.25. The fourth-order valence-corrected chi connectivity index (χ4v) is 4.09. The van der Waals surface area contributed by atoms with Gasteiger partial charge in [0, 0.05) is 6.54 Å². The molecule has 174 valence electrons. The Hall–Kier alpha value is -4.27. The molecular formula is C25H22N2O7. The zero-order valence-corrected chi connectivity index (χ0v) is 18.4. The Balaban J connectivity index is 1.44. The molecule has 3 aromatic rings. The van der Waals surface area contributed by atoms with Crippen molar-refractivity contribution in [3.63, 3.8) is 0 Å². The first kappa shape index (κ1) is 21.6. The lowest BCUT2D eigenvalue weighted by molar-refractivity contribution is -0.122. The van der Waals surface area contributed by atoms with Gasteiger partial charge < -0.3 is 23.5 Å². The van der Waals surface area contributed by atoms with Crippen molar-refractivity contribution >= 4 is 23.4 Å². The summed E-state index contributed by atoms with van der Waals surface area (Å²) in [6.45, 7) is 2.58. The minimum Gasteiger partial charge on any atom is -0.494 e. The number of rotatable bonds is 7. The van der Waals surface area contributed by atoms with Gasteiger partial charge >= 0.3 is 0 Å². The highest BCUT2D eigenvalue weighted by atomic mass is 16.7. The molecule has 1 aromatic heterocycles. The number of hydrogen-bond acceptors (Lipinski definition) is 7. The van der Waals surface area contributed by atoms with Crippen molar-refractivity contribution < 1.29 is 33.0 Å². The normalized spacial score (nSPS) is 16.7. The number of benzene rings is 2. The van der Waals surface area contributed by atoms with E-state index >= 15 is 0 Å². The van der Waals surface area contributed by atoms with E-state index in [1.54, 1.807) is 48.5 Å². The van der Waals surface area contributed by atoms with Crippen molar-refractivity contribution in [1.82, 2.24) is 4.90 Å². The summed E-state index contributed by atoms with van der Waals surface area (Å²) in [4.78, 5) is 42.1. The lowest BCUT2D eigenvalue weighted by Crippen LogP contribution is -2.45. The van der Waals surface area contributed by atoms with Gasteiger partial charge in [0.15, 0.2) is 17.3 Å². The zero-order chi connectivity index (χ0) is 23.7. The molecular weight excluding hydrogens is 440 g/mol. The molecule has 0 bridgehead atoms. The first-order valence-electron chi connectivity index (χ1n) is 10.9. The molecule has 1 atom stereocenters. The van der Waals surface area contributed by atoms with Crippen molar-refractivity contribution in [3.05, 3.63) is 72.2 Å². The second-order valence-electron chi connectivity index (χ2n) is 7.81. The minimum atomic E-state index is -0.984. The number of fused-ring (bicyclic) bond motifs is 1. The van der Waals surface area contributed by atoms with Gasteiger partial charge in [0.1, 0.15) is 11.8 Å². The van der Waals surface area contributed by atoms with Gasteiger partial charge in [-0.3, -0.25) is 14.4 Å². The topological polar surface area (TPSA) is 98.5 Å². The highest BCUT2D eigenvalue weighted by Gasteiger charge is 2.45. The predicted molar refractivity (Wildman–Crippen MR) is 120 cm³/mol. The van der Waals surface area contributed by atoms with Gasteiger partial charge in [0.25, 0.3) is 11.8 Å². The highest BCUT2D eigenvalue weighted by molar-refractivity contribution is 6.23. The lowest BCUT2D eigenvalue weighted by atomic mass is 10.1. The smallest absolute Gasteiger partial charge is 0.290 e. The number of furan rings is 1. The van der Waals surface area contributed by atoms with E-state index in [9.17, 15) is 14.4 Å². The Morgan fingerprint density at radius 3 is 2.62 bits per heavy atom. The number of nitrogens with zero attached hydrogens (tertiary/aromatic N) is 2. The second-order valence-corrected chi connectivity index (χ2v) is 7.81. The molecule has 2 aliphatic rings. The van der Waals surface area contributed by atoms with Crippen LogP contribution >= 0.6 is 0 Å². The molecule has 3 amide bonds. The molecule has 0 spiro atoms. The Morgan fingerprint density at radius 2 is 1.88 bits per heavy atom. The van der Waals surface area contributed by atoms with Gasteiger partial charge in [-0.2, -0.15) is 0 Å². The number of carbonyl (C=O) groups is 3. The largest absolute Gasteiger partial charge is 0.494 e. The number of imide groups is 1. The molecule has 0 aliphatic carbocycles. The molecule has 1 saturated heterocycles. The van der Waals surface area contributed by atoms with E-state index in [1.807, 2.05) is 6.92 Å². The van der Waals surface area contributed by atoms with E-state index in [0.717, 1.165) is 10.5 Å². The maximum Gasteiger partial charge on any atom is 0.290 e. The van der Waals surface area contributed by atoms with Crippen molar-refractivity contribution in [1.29, 1.82) is 0 Å². The van der Waals surface area contributed by atoms with Gasteiger partial charge in [0.05, 0.1) is 25.0 Å². The Kier molecular flexibility index (Phi) is 5.67. The van der Waals surface area contributed by atoms with Crippen LogP contribution in [0.15, 0.2) is 65.3 Å². The number of anilines is 1. The average molecular weight is 462 g/mol. The monoisotopic (exact) mass is 462 g/mol. The van der Waals surface area contributed by atoms with Crippen LogP contribution < -0.4 is 19.1 Å². The van der Waals surface area contributed by atoms with E-state index in [0.29, 0.717) is 29.5 Å². The van der Waals surface area contributed by atoms with Crippen molar-refractivity contribution in [2.75, 3.05) is 18.3 Å². The first-order chi connectivity index (χ1) is 16.5. The molecule has 9 nitrogen and oxygen atoms in total. The molecule has 1 unspecified atom stereocenters. The van der Waals surface area contributed by atoms with Crippen LogP contribution in [0.25, 0.3) is 0 Å². The molecule has 9 heteroatoms. The van der Waals surface area contributed by atoms with Gasteiger partial charge in [-0.25, -0.2) is 4.90 Å². The molecule has 0 N–H and O–H groups in total. The number of ether oxygens (including phenoxy) is 3. The van der Waals surface area contributed by atoms with E-state index in [1.165, 1.54) is 17.2 Å². The van der Waals surface area contributed by atoms with Crippen molar-refractivity contribution in [3.8, 4) is 17.2 Å². The van der Waals surface area contributed by atoms with Crippen LogP contribution in [-0.2, 0) is 16.1 Å². The predicted octanol–water partition coefficient (Wildman–Crippen LogP) is 3.38. The van der Waals surface area contributed by atoms with Crippen LogP contribution in [0, 0.1) is 0 Å². The molecule has 3 heterocycles. The molecule has 2 aliphatic heterocycles. The molecule has 2 aromatic carbocycles. The summed E-state index contributed by atoms with van der Waals surface area (Å²) >= 11 is 0.